The van der Waals surface area contributed by atoms with Gasteiger partial charge in [0.05, 0.1) is 12.7 Å². The molecule has 1 aliphatic rings. The number of hydrogen-bond acceptors (Lipinski definition) is 4. The summed E-state index contributed by atoms with van der Waals surface area (Å²) in [6.45, 7) is 0. The van der Waals surface area contributed by atoms with Crippen molar-refractivity contribution in [3.63, 3.8) is 0 Å². The van der Waals surface area contributed by atoms with E-state index >= 15 is 0 Å². The number of hydrogen-bond donors (Lipinski definition) is 1. The molecule has 0 bridgehead atoms. The number of Topliss-reactive ketones (excluding diaryl/α,β-unsaturated/α-hetero) is 2. The van der Waals surface area contributed by atoms with E-state index in [9.17, 15) is 14.7 Å². The van der Waals surface area contributed by atoms with E-state index in [0.717, 1.165) is 5.56 Å². The fourth-order valence-corrected chi connectivity index (χ4v) is 2.64. The summed E-state index contributed by atoms with van der Waals surface area (Å²) >= 11 is 0. The van der Waals surface area contributed by atoms with Gasteiger partial charge in [0.2, 0.25) is 5.78 Å². The van der Waals surface area contributed by atoms with Crippen LogP contribution in [0.15, 0.2) is 66.4 Å². The zero-order valence-corrected chi connectivity index (χ0v) is 13.1. The van der Waals surface area contributed by atoms with Gasteiger partial charge >= 0.3 is 0 Å². The van der Waals surface area contributed by atoms with Gasteiger partial charge in [-0.1, -0.05) is 54.6 Å². The Balaban J connectivity index is 1.88. The average molecular weight is 320 g/mol. The van der Waals surface area contributed by atoms with Crippen molar-refractivity contribution in [2.75, 3.05) is 7.11 Å². The molecule has 1 aliphatic carbocycles. The summed E-state index contributed by atoms with van der Waals surface area (Å²) in [6.07, 6.45) is 3.25. The summed E-state index contributed by atoms with van der Waals surface area (Å²) in [4.78, 5) is 24.8. The second kappa shape index (κ2) is 6.54. The van der Waals surface area contributed by atoms with E-state index in [-0.39, 0.29) is 5.57 Å². The Morgan fingerprint density at radius 1 is 0.958 bits per heavy atom. The lowest BCUT2D eigenvalue weighted by molar-refractivity contribution is -0.125. The minimum Gasteiger partial charge on any atom is -0.504 e. The molecule has 24 heavy (non-hydrogen) atoms. The van der Waals surface area contributed by atoms with Crippen LogP contribution < -0.4 is 4.74 Å². The van der Waals surface area contributed by atoms with Gasteiger partial charge in [-0.25, -0.2) is 0 Å². The smallest absolute Gasteiger partial charge is 0.212 e. The summed E-state index contributed by atoms with van der Waals surface area (Å²) in [6, 6.07) is 16.0. The molecule has 0 fully saturated rings. The normalized spacial score (nSPS) is 17.8. The van der Waals surface area contributed by atoms with Crippen LogP contribution in [-0.2, 0) is 9.59 Å². The van der Waals surface area contributed by atoms with Gasteiger partial charge in [-0.2, -0.15) is 0 Å². The topological polar surface area (TPSA) is 63.6 Å². The number of carbonyl (C=O) groups excluding carboxylic acids is 2. The Morgan fingerprint density at radius 3 is 2.25 bits per heavy atom. The third kappa shape index (κ3) is 2.86. The number of rotatable bonds is 4. The minimum atomic E-state index is -0.984. The van der Waals surface area contributed by atoms with E-state index in [0.29, 0.717) is 11.3 Å². The van der Waals surface area contributed by atoms with Crippen LogP contribution in [0.3, 0.4) is 0 Å². The highest BCUT2D eigenvalue weighted by atomic mass is 16.5. The Hall–Kier alpha value is -3.14. The molecule has 0 saturated heterocycles. The van der Waals surface area contributed by atoms with Crippen molar-refractivity contribution in [2.45, 2.75) is 0 Å². The molecule has 120 valence electrons. The van der Waals surface area contributed by atoms with E-state index in [1.54, 1.807) is 37.5 Å². The lowest BCUT2D eigenvalue weighted by Crippen LogP contribution is -2.14. The Kier molecular flexibility index (Phi) is 4.29. The molecule has 3 rings (SSSR count). The number of allylic oxidation sites excluding steroid dienone is 3. The Labute approximate surface area is 139 Å². The summed E-state index contributed by atoms with van der Waals surface area (Å²) in [7, 11) is 1.54. The highest BCUT2D eigenvalue weighted by Crippen LogP contribution is 2.33. The highest BCUT2D eigenvalue weighted by molar-refractivity contribution is 6.39. The number of methoxy groups -OCH3 is 1. The van der Waals surface area contributed by atoms with Crippen LogP contribution in [0.2, 0.25) is 0 Å². The van der Waals surface area contributed by atoms with Gasteiger partial charge in [0, 0.05) is 0 Å². The van der Waals surface area contributed by atoms with Crippen molar-refractivity contribution in [2.24, 2.45) is 5.92 Å². The standard InChI is InChI=1S/C20H16O4/c1-24-15-10-8-14(9-11-15)17-18(21)16(19(22)20(17)23)12-7-13-5-3-2-4-6-13/h2-12,16,23H,1H3. The van der Waals surface area contributed by atoms with Gasteiger partial charge in [0.25, 0.3) is 0 Å². The van der Waals surface area contributed by atoms with Gasteiger partial charge in [-0.05, 0) is 23.3 Å². The van der Waals surface area contributed by atoms with E-state index < -0.39 is 23.2 Å². The van der Waals surface area contributed by atoms with E-state index in [1.807, 2.05) is 30.3 Å². The van der Waals surface area contributed by atoms with Crippen LogP contribution in [0.1, 0.15) is 11.1 Å². The zero-order chi connectivity index (χ0) is 17.1. The molecule has 0 heterocycles. The van der Waals surface area contributed by atoms with Gasteiger partial charge in [-0.3, -0.25) is 9.59 Å². The fourth-order valence-electron chi connectivity index (χ4n) is 2.64. The minimum absolute atomic E-state index is 0.0605. The average Bonchev–Trinajstić information content (AvgIpc) is 2.83. The molecule has 0 spiro atoms. The zero-order valence-electron chi connectivity index (χ0n) is 13.1. The van der Waals surface area contributed by atoms with Gasteiger partial charge < -0.3 is 9.84 Å². The molecule has 1 N–H and O–H groups in total. The number of carbonyl (C=O) groups is 2. The molecule has 2 aromatic rings. The Morgan fingerprint density at radius 2 is 1.62 bits per heavy atom. The molecule has 1 atom stereocenters. The number of aliphatic hydroxyl groups excluding tert-OH is 1. The molecular weight excluding hydrogens is 304 g/mol. The molecule has 0 aromatic heterocycles. The molecular formula is C20H16O4. The molecule has 0 radical (unpaired) electrons. The van der Waals surface area contributed by atoms with Crippen molar-refractivity contribution in [1.82, 2.24) is 0 Å². The van der Waals surface area contributed by atoms with E-state index in [4.69, 9.17) is 4.74 Å². The molecule has 4 nitrogen and oxygen atoms in total. The number of ketones is 2. The maximum absolute atomic E-state index is 12.6. The van der Waals surface area contributed by atoms with Gasteiger partial charge in [-0.15, -0.1) is 0 Å². The number of benzene rings is 2. The van der Waals surface area contributed by atoms with Crippen LogP contribution >= 0.6 is 0 Å². The lowest BCUT2D eigenvalue weighted by Gasteiger charge is -2.04. The van der Waals surface area contributed by atoms with Crippen molar-refractivity contribution in [1.29, 1.82) is 0 Å². The molecule has 0 saturated carbocycles. The monoisotopic (exact) mass is 320 g/mol. The van der Waals surface area contributed by atoms with Crippen molar-refractivity contribution >= 4 is 23.2 Å². The first kappa shape index (κ1) is 15.7. The summed E-state index contributed by atoms with van der Waals surface area (Å²) in [5.41, 5.74) is 1.45. The predicted molar refractivity (Wildman–Crippen MR) is 91.5 cm³/mol. The lowest BCUT2D eigenvalue weighted by atomic mass is 9.98. The SMILES string of the molecule is COc1ccc(C2=C(O)C(=O)C(C=Cc3ccccc3)C2=O)cc1. The molecule has 0 amide bonds. The van der Waals surface area contributed by atoms with Crippen molar-refractivity contribution in [3.8, 4) is 5.75 Å². The first-order chi connectivity index (χ1) is 11.6. The maximum Gasteiger partial charge on any atom is 0.212 e. The summed E-state index contributed by atoms with van der Waals surface area (Å²) in [5, 5.41) is 10.1. The largest absolute Gasteiger partial charge is 0.504 e. The second-order valence-corrected chi connectivity index (χ2v) is 5.43. The molecule has 1 unspecified atom stereocenters. The summed E-state index contributed by atoms with van der Waals surface area (Å²) < 4.78 is 5.07. The van der Waals surface area contributed by atoms with Crippen LogP contribution in [0.4, 0.5) is 0 Å². The van der Waals surface area contributed by atoms with Crippen molar-refractivity contribution in [3.05, 3.63) is 77.6 Å². The molecule has 0 aliphatic heterocycles. The van der Waals surface area contributed by atoms with Crippen molar-refractivity contribution < 1.29 is 19.4 Å². The van der Waals surface area contributed by atoms with Gasteiger partial charge in [0.15, 0.2) is 11.5 Å². The Bertz CT molecular complexity index is 830. The first-order valence-corrected chi connectivity index (χ1v) is 7.51. The van der Waals surface area contributed by atoms with E-state index in [1.165, 1.54) is 6.08 Å². The maximum atomic E-state index is 12.6. The second-order valence-electron chi connectivity index (χ2n) is 5.43. The third-order valence-electron chi connectivity index (χ3n) is 3.94. The quantitative estimate of drug-likeness (QED) is 0.877. The molecule has 4 heteroatoms. The molecule has 2 aromatic carbocycles. The van der Waals surface area contributed by atoms with Crippen LogP contribution in [-0.4, -0.2) is 23.8 Å². The first-order valence-electron chi connectivity index (χ1n) is 7.51. The summed E-state index contributed by atoms with van der Waals surface area (Å²) in [5.74, 6) is -1.79. The van der Waals surface area contributed by atoms with Crippen LogP contribution in [0.25, 0.3) is 11.6 Å². The third-order valence-corrected chi connectivity index (χ3v) is 3.94. The van der Waals surface area contributed by atoms with E-state index in [2.05, 4.69) is 0 Å². The number of aliphatic hydroxyl groups is 1. The highest BCUT2D eigenvalue weighted by Gasteiger charge is 2.40. The van der Waals surface area contributed by atoms with Gasteiger partial charge in [0.1, 0.15) is 11.7 Å². The van der Waals surface area contributed by atoms with Crippen LogP contribution in [0.5, 0.6) is 5.75 Å². The number of ether oxygens (including phenoxy) is 1. The predicted octanol–water partition coefficient (Wildman–Crippen LogP) is 3.45. The van der Waals surface area contributed by atoms with Crippen LogP contribution in [0, 0.1) is 5.92 Å². The fraction of sp³-hybridized carbons (Fsp3) is 0.100.